The fraction of sp³-hybridized carbons (Fsp3) is 0.240. The lowest BCUT2D eigenvalue weighted by Gasteiger charge is -2.30. The summed E-state index contributed by atoms with van der Waals surface area (Å²) in [6, 6.07) is 19.3. The van der Waals surface area contributed by atoms with Crippen LogP contribution in [-0.2, 0) is 7.05 Å². The van der Waals surface area contributed by atoms with Crippen molar-refractivity contribution < 1.29 is 4.79 Å². The van der Waals surface area contributed by atoms with E-state index in [-0.39, 0.29) is 11.3 Å². The second kappa shape index (κ2) is 8.91. The van der Waals surface area contributed by atoms with E-state index in [1.165, 1.54) is 4.68 Å². The lowest BCUT2D eigenvalue weighted by atomic mass is 9.99. The van der Waals surface area contributed by atoms with E-state index in [4.69, 9.17) is 0 Å². The largest absolute Gasteiger partial charge is 0.366 e. The number of rotatable bonds is 5. The maximum absolute atomic E-state index is 13.4. The Labute approximate surface area is 176 Å². The van der Waals surface area contributed by atoms with Crippen molar-refractivity contribution in [2.75, 3.05) is 18.0 Å². The third-order valence-electron chi connectivity index (χ3n) is 5.41. The van der Waals surface area contributed by atoms with E-state index in [0.29, 0.717) is 16.9 Å². The molecule has 0 bridgehead atoms. The molecule has 0 radical (unpaired) electrons. The van der Waals surface area contributed by atoms with E-state index in [0.717, 1.165) is 43.5 Å². The van der Waals surface area contributed by atoms with Gasteiger partial charge in [-0.2, -0.15) is 5.10 Å². The summed E-state index contributed by atoms with van der Waals surface area (Å²) in [6.07, 6.45) is 6.50. The van der Waals surface area contributed by atoms with Crippen LogP contribution < -0.4 is 10.5 Å². The predicted octanol–water partition coefficient (Wildman–Crippen LogP) is 4.33. The molecule has 0 N–H and O–H groups in total. The van der Waals surface area contributed by atoms with Crippen LogP contribution in [0.15, 0.2) is 71.5 Å². The van der Waals surface area contributed by atoms with Gasteiger partial charge >= 0.3 is 0 Å². The third kappa shape index (κ3) is 4.10. The number of hydrogen-bond acceptors (Lipinski definition) is 4. The van der Waals surface area contributed by atoms with E-state index in [9.17, 15) is 9.59 Å². The molecule has 4 rings (SSSR count). The molecule has 1 aliphatic heterocycles. The molecule has 1 fully saturated rings. The number of benzene rings is 2. The van der Waals surface area contributed by atoms with Gasteiger partial charge in [0.25, 0.3) is 5.56 Å². The molecular weight excluding hydrogens is 374 g/mol. The van der Waals surface area contributed by atoms with Gasteiger partial charge in [-0.1, -0.05) is 66.7 Å². The van der Waals surface area contributed by atoms with Crippen molar-refractivity contribution in [1.29, 1.82) is 0 Å². The molecule has 5 nitrogen and oxygen atoms in total. The minimum absolute atomic E-state index is 0.205. The van der Waals surface area contributed by atoms with Crippen molar-refractivity contribution in [2.24, 2.45) is 7.05 Å². The van der Waals surface area contributed by atoms with Gasteiger partial charge in [-0.15, -0.1) is 0 Å². The van der Waals surface area contributed by atoms with E-state index >= 15 is 0 Å². The molecule has 0 atom stereocenters. The van der Waals surface area contributed by atoms with Crippen molar-refractivity contribution in [3.63, 3.8) is 0 Å². The zero-order valence-corrected chi connectivity index (χ0v) is 17.1. The van der Waals surface area contributed by atoms with Gasteiger partial charge in [0.2, 0.25) is 0 Å². The molecule has 30 heavy (non-hydrogen) atoms. The first-order chi connectivity index (χ1) is 14.6. The van der Waals surface area contributed by atoms with Gasteiger partial charge in [-0.05, 0) is 30.9 Å². The SMILES string of the molecule is Cn1nc(-c2ccccc2)c(C(=O)C=Cc2ccccc2)c(N2CCCCC2)c1=O. The van der Waals surface area contributed by atoms with Gasteiger partial charge in [0, 0.05) is 25.7 Å². The number of aromatic nitrogens is 2. The Morgan fingerprint density at radius 1 is 0.933 bits per heavy atom. The summed E-state index contributed by atoms with van der Waals surface area (Å²) in [5.74, 6) is -0.205. The molecule has 2 heterocycles. The normalized spacial score (nSPS) is 14.2. The lowest BCUT2D eigenvalue weighted by molar-refractivity contribution is 0.104. The summed E-state index contributed by atoms with van der Waals surface area (Å²) in [5, 5.41) is 4.50. The van der Waals surface area contributed by atoms with Crippen LogP contribution >= 0.6 is 0 Å². The summed E-state index contributed by atoms with van der Waals surface area (Å²) in [7, 11) is 1.65. The number of nitrogens with zero attached hydrogens (tertiary/aromatic N) is 3. The molecule has 0 unspecified atom stereocenters. The number of carbonyl (C=O) groups excluding carboxylic acids is 1. The van der Waals surface area contributed by atoms with E-state index < -0.39 is 0 Å². The standard InChI is InChI=1S/C25H25N3O2/c1-27-25(30)24(28-17-9-4-10-18-28)22(23(26-27)20-13-7-3-8-14-20)21(29)16-15-19-11-5-2-6-12-19/h2-3,5-8,11-16H,4,9-10,17-18H2,1H3. The average molecular weight is 399 g/mol. The molecule has 0 aliphatic carbocycles. The quantitative estimate of drug-likeness (QED) is 0.473. The second-order valence-electron chi connectivity index (χ2n) is 7.52. The minimum Gasteiger partial charge on any atom is -0.366 e. The van der Waals surface area contributed by atoms with Crippen LogP contribution in [0.5, 0.6) is 0 Å². The maximum Gasteiger partial charge on any atom is 0.290 e. The third-order valence-corrected chi connectivity index (χ3v) is 5.41. The van der Waals surface area contributed by atoms with Crippen LogP contribution in [0.4, 0.5) is 5.69 Å². The topological polar surface area (TPSA) is 55.2 Å². The molecular formula is C25H25N3O2. The second-order valence-corrected chi connectivity index (χ2v) is 7.52. The van der Waals surface area contributed by atoms with Crippen LogP contribution in [0.2, 0.25) is 0 Å². The Morgan fingerprint density at radius 2 is 1.57 bits per heavy atom. The number of piperidine rings is 1. The van der Waals surface area contributed by atoms with Gasteiger partial charge in [0.05, 0.1) is 5.56 Å². The Hall–Kier alpha value is -3.47. The number of carbonyl (C=O) groups is 1. The highest BCUT2D eigenvalue weighted by Gasteiger charge is 2.26. The predicted molar refractivity (Wildman–Crippen MR) is 121 cm³/mol. The Balaban J connectivity index is 1.88. The van der Waals surface area contributed by atoms with Gasteiger partial charge in [-0.3, -0.25) is 9.59 Å². The first-order valence-corrected chi connectivity index (χ1v) is 10.3. The van der Waals surface area contributed by atoms with Crippen LogP contribution in [0.3, 0.4) is 0 Å². The Kier molecular flexibility index (Phi) is 5.89. The van der Waals surface area contributed by atoms with E-state index in [1.54, 1.807) is 19.2 Å². The average Bonchev–Trinajstić information content (AvgIpc) is 2.80. The van der Waals surface area contributed by atoms with Crippen LogP contribution in [0, 0.1) is 0 Å². The fourth-order valence-corrected chi connectivity index (χ4v) is 3.88. The van der Waals surface area contributed by atoms with Crippen molar-refractivity contribution in [3.8, 4) is 11.3 Å². The van der Waals surface area contributed by atoms with E-state index in [1.807, 2.05) is 60.7 Å². The lowest BCUT2D eigenvalue weighted by Crippen LogP contribution is -2.38. The highest BCUT2D eigenvalue weighted by molar-refractivity contribution is 6.14. The van der Waals surface area contributed by atoms with Gasteiger partial charge in [0.1, 0.15) is 11.4 Å². The smallest absolute Gasteiger partial charge is 0.290 e. The van der Waals surface area contributed by atoms with Gasteiger partial charge in [-0.25, -0.2) is 4.68 Å². The van der Waals surface area contributed by atoms with Crippen molar-refractivity contribution in [3.05, 3.63) is 88.2 Å². The van der Waals surface area contributed by atoms with Crippen molar-refractivity contribution >= 4 is 17.5 Å². The summed E-state index contributed by atoms with van der Waals surface area (Å²) in [4.78, 5) is 28.6. The number of anilines is 1. The van der Waals surface area contributed by atoms with Gasteiger partial charge in [0.15, 0.2) is 5.78 Å². The zero-order valence-electron chi connectivity index (χ0n) is 17.1. The summed E-state index contributed by atoms with van der Waals surface area (Å²) < 4.78 is 1.35. The van der Waals surface area contributed by atoms with Crippen LogP contribution in [0.1, 0.15) is 35.2 Å². The monoisotopic (exact) mass is 399 g/mol. The van der Waals surface area contributed by atoms with E-state index in [2.05, 4.69) is 10.00 Å². The van der Waals surface area contributed by atoms with Crippen molar-refractivity contribution in [1.82, 2.24) is 9.78 Å². The molecule has 152 valence electrons. The highest BCUT2D eigenvalue weighted by atomic mass is 16.1. The summed E-state index contributed by atoms with van der Waals surface area (Å²) in [6.45, 7) is 1.55. The number of ketones is 1. The zero-order chi connectivity index (χ0) is 20.9. The molecule has 1 aromatic heterocycles. The number of aryl methyl sites for hydroxylation is 1. The minimum atomic E-state index is -0.229. The summed E-state index contributed by atoms with van der Waals surface area (Å²) in [5.41, 5.74) is 2.92. The first kappa shape index (κ1) is 19.8. The maximum atomic E-state index is 13.4. The molecule has 0 amide bonds. The molecule has 3 aromatic rings. The molecule has 1 aliphatic rings. The Morgan fingerprint density at radius 3 is 2.23 bits per heavy atom. The van der Waals surface area contributed by atoms with Gasteiger partial charge < -0.3 is 4.90 Å². The molecule has 0 spiro atoms. The molecule has 1 saturated heterocycles. The fourth-order valence-electron chi connectivity index (χ4n) is 3.88. The number of hydrogen-bond donors (Lipinski definition) is 0. The van der Waals surface area contributed by atoms with Crippen LogP contribution in [0.25, 0.3) is 17.3 Å². The van der Waals surface area contributed by atoms with Crippen LogP contribution in [-0.4, -0.2) is 28.7 Å². The number of allylic oxidation sites excluding steroid dienone is 1. The highest BCUT2D eigenvalue weighted by Crippen LogP contribution is 2.29. The summed E-state index contributed by atoms with van der Waals surface area (Å²) >= 11 is 0. The van der Waals surface area contributed by atoms with Crippen molar-refractivity contribution in [2.45, 2.75) is 19.3 Å². The molecule has 0 saturated carbocycles. The molecule has 2 aromatic carbocycles. The Bertz CT molecular complexity index is 1110. The molecule has 5 heteroatoms. The first-order valence-electron chi connectivity index (χ1n) is 10.3.